The molecule has 2 aromatic heterocycles. The van der Waals surface area contributed by atoms with E-state index in [0.717, 1.165) is 30.9 Å². The fourth-order valence-corrected chi connectivity index (χ4v) is 2.38. The van der Waals surface area contributed by atoms with Crippen molar-refractivity contribution in [2.45, 2.75) is 32.9 Å². The molecule has 2 aromatic rings. The molecule has 0 spiro atoms. The molecule has 0 bridgehead atoms. The van der Waals surface area contributed by atoms with Crippen LogP contribution in [0.15, 0.2) is 18.3 Å². The molecule has 0 radical (unpaired) electrons. The monoisotopic (exact) mass is 309 g/mol. The number of methoxy groups -OCH3 is 1. The molecule has 0 saturated heterocycles. The van der Waals surface area contributed by atoms with Crippen molar-refractivity contribution >= 4 is 11.6 Å². The van der Waals surface area contributed by atoms with Gasteiger partial charge >= 0.3 is 0 Å². The number of halogens is 1. The Morgan fingerprint density at radius 2 is 2.14 bits per heavy atom. The summed E-state index contributed by atoms with van der Waals surface area (Å²) in [6.45, 7) is 5.74. The predicted octanol–water partition coefficient (Wildman–Crippen LogP) is 2.44. The zero-order valence-corrected chi connectivity index (χ0v) is 13.3. The molecule has 2 heterocycles. The summed E-state index contributed by atoms with van der Waals surface area (Å²) >= 11 is 6.31. The summed E-state index contributed by atoms with van der Waals surface area (Å²) in [5.74, 6) is 0.489. The minimum atomic E-state index is -0.140. The minimum Gasteiger partial charge on any atom is -0.480 e. The van der Waals surface area contributed by atoms with Gasteiger partial charge in [-0.1, -0.05) is 18.5 Å². The minimum absolute atomic E-state index is 0.140. The van der Waals surface area contributed by atoms with Crippen LogP contribution in [0.25, 0.3) is 0 Å². The van der Waals surface area contributed by atoms with E-state index in [1.54, 1.807) is 19.4 Å². The van der Waals surface area contributed by atoms with E-state index >= 15 is 0 Å². The summed E-state index contributed by atoms with van der Waals surface area (Å²) in [6, 6.07) is 3.55. The first-order valence-corrected chi connectivity index (χ1v) is 7.41. The van der Waals surface area contributed by atoms with Crippen LogP contribution in [0.3, 0.4) is 0 Å². The molecular formula is C14H20ClN5O. The van der Waals surface area contributed by atoms with Gasteiger partial charge in [0.1, 0.15) is 0 Å². The predicted molar refractivity (Wildman–Crippen MR) is 81.6 cm³/mol. The molecule has 1 N–H and O–H groups in total. The van der Waals surface area contributed by atoms with Crippen LogP contribution in [0.4, 0.5) is 0 Å². The number of ether oxygens (including phenoxy) is 1. The van der Waals surface area contributed by atoms with Gasteiger partial charge in [0.25, 0.3) is 0 Å². The van der Waals surface area contributed by atoms with E-state index in [9.17, 15) is 0 Å². The van der Waals surface area contributed by atoms with E-state index in [4.69, 9.17) is 16.3 Å². The van der Waals surface area contributed by atoms with Gasteiger partial charge in [-0.25, -0.2) is 0 Å². The smallest absolute Gasteiger partial charge is 0.233 e. The van der Waals surface area contributed by atoms with E-state index in [1.807, 2.05) is 17.7 Å². The van der Waals surface area contributed by atoms with Crippen LogP contribution in [0, 0.1) is 0 Å². The molecule has 2 rings (SSSR count). The lowest BCUT2D eigenvalue weighted by atomic mass is 10.1. The van der Waals surface area contributed by atoms with E-state index in [-0.39, 0.29) is 6.04 Å². The molecule has 0 aliphatic carbocycles. The average molecular weight is 310 g/mol. The number of aryl methyl sites for hydroxylation is 1. The Balaban J connectivity index is 2.39. The van der Waals surface area contributed by atoms with Gasteiger partial charge in [-0.2, -0.15) is 5.10 Å². The second-order valence-electron chi connectivity index (χ2n) is 4.58. The van der Waals surface area contributed by atoms with Crippen LogP contribution in [0.2, 0.25) is 5.02 Å². The Kier molecular flexibility index (Phi) is 5.52. The topological polar surface area (TPSA) is 64.9 Å². The lowest BCUT2D eigenvalue weighted by molar-refractivity contribution is 0.389. The van der Waals surface area contributed by atoms with Crippen LogP contribution in [-0.2, 0) is 6.54 Å². The van der Waals surface area contributed by atoms with Crippen molar-refractivity contribution in [3.8, 4) is 5.88 Å². The third-order valence-corrected chi connectivity index (χ3v) is 3.46. The molecule has 0 aromatic carbocycles. The van der Waals surface area contributed by atoms with Gasteiger partial charge in [-0.15, -0.1) is 10.2 Å². The van der Waals surface area contributed by atoms with Gasteiger partial charge in [0, 0.05) is 12.6 Å². The Morgan fingerprint density at radius 3 is 2.71 bits per heavy atom. The van der Waals surface area contributed by atoms with Crippen molar-refractivity contribution in [2.24, 2.45) is 0 Å². The molecule has 1 atom stereocenters. The highest BCUT2D eigenvalue weighted by molar-refractivity contribution is 6.31. The standard InChI is InChI=1S/C14H20ClN5O/c1-4-8-16-13(11-6-7-12(21-3)19-18-11)14-10(15)9-17-20(14)5-2/h6-7,9,13,16H,4-5,8H2,1-3H3. The van der Waals surface area contributed by atoms with Gasteiger partial charge in [0.05, 0.1) is 35.8 Å². The van der Waals surface area contributed by atoms with Gasteiger partial charge < -0.3 is 10.1 Å². The van der Waals surface area contributed by atoms with Crippen molar-refractivity contribution in [2.75, 3.05) is 13.7 Å². The van der Waals surface area contributed by atoms with Crippen LogP contribution in [-0.4, -0.2) is 33.6 Å². The first-order valence-electron chi connectivity index (χ1n) is 7.03. The fraction of sp³-hybridized carbons (Fsp3) is 0.500. The number of nitrogens with one attached hydrogen (secondary N) is 1. The van der Waals surface area contributed by atoms with Gasteiger partial charge in [0.2, 0.25) is 5.88 Å². The van der Waals surface area contributed by atoms with Gasteiger partial charge in [-0.3, -0.25) is 4.68 Å². The summed E-state index contributed by atoms with van der Waals surface area (Å²) < 4.78 is 6.93. The maximum absolute atomic E-state index is 6.31. The summed E-state index contributed by atoms with van der Waals surface area (Å²) in [4.78, 5) is 0. The molecule has 6 nitrogen and oxygen atoms in total. The van der Waals surface area contributed by atoms with Crippen LogP contribution >= 0.6 is 11.6 Å². The summed E-state index contributed by atoms with van der Waals surface area (Å²) in [6.07, 6.45) is 2.68. The number of nitrogens with zero attached hydrogens (tertiary/aromatic N) is 4. The van der Waals surface area contributed by atoms with E-state index in [1.165, 1.54) is 0 Å². The van der Waals surface area contributed by atoms with Crippen molar-refractivity contribution < 1.29 is 4.74 Å². The molecule has 1 unspecified atom stereocenters. The molecule has 0 amide bonds. The lowest BCUT2D eigenvalue weighted by Crippen LogP contribution is -2.27. The van der Waals surface area contributed by atoms with Crippen LogP contribution < -0.4 is 10.1 Å². The molecular weight excluding hydrogens is 290 g/mol. The molecule has 0 aliphatic heterocycles. The molecule has 21 heavy (non-hydrogen) atoms. The first kappa shape index (κ1) is 15.7. The zero-order chi connectivity index (χ0) is 15.2. The summed E-state index contributed by atoms with van der Waals surface area (Å²) in [5.41, 5.74) is 1.70. The Morgan fingerprint density at radius 1 is 1.33 bits per heavy atom. The van der Waals surface area contributed by atoms with Gasteiger partial charge in [0.15, 0.2) is 0 Å². The SMILES string of the molecule is CCCNC(c1ccc(OC)nn1)c1c(Cl)cnn1CC. The molecule has 0 saturated carbocycles. The van der Waals surface area contributed by atoms with Crippen molar-refractivity contribution in [1.82, 2.24) is 25.3 Å². The van der Waals surface area contributed by atoms with Gasteiger partial charge in [-0.05, 0) is 26.0 Å². The lowest BCUT2D eigenvalue weighted by Gasteiger charge is -2.19. The largest absolute Gasteiger partial charge is 0.480 e. The maximum atomic E-state index is 6.31. The third-order valence-electron chi connectivity index (χ3n) is 3.17. The summed E-state index contributed by atoms with van der Waals surface area (Å²) in [7, 11) is 1.57. The normalized spacial score (nSPS) is 12.4. The van der Waals surface area contributed by atoms with Crippen molar-refractivity contribution in [1.29, 1.82) is 0 Å². The third kappa shape index (κ3) is 3.51. The Hall–Kier alpha value is -1.66. The van der Waals surface area contributed by atoms with E-state index < -0.39 is 0 Å². The van der Waals surface area contributed by atoms with E-state index in [0.29, 0.717) is 10.9 Å². The number of hydrogen-bond donors (Lipinski definition) is 1. The molecule has 114 valence electrons. The molecule has 0 fully saturated rings. The highest BCUT2D eigenvalue weighted by atomic mass is 35.5. The van der Waals surface area contributed by atoms with Crippen LogP contribution in [0.1, 0.15) is 37.7 Å². The first-order chi connectivity index (χ1) is 10.2. The summed E-state index contributed by atoms with van der Waals surface area (Å²) in [5, 5.41) is 16.6. The molecule has 0 aliphatic rings. The second kappa shape index (κ2) is 7.38. The maximum Gasteiger partial charge on any atom is 0.233 e. The second-order valence-corrected chi connectivity index (χ2v) is 4.99. The number of rotatable bonds is 7. The zero-order valence-electron chi connectivity index (χ0n) is 12.5. The average Bonchev–Trinajstić information content (AvgIpc) is 2.89. The highest BCUT2D eigenvalue weighted by Crippen LogP contribution is 2.27. The van der Waals surface area contributed by atoms with Crippen molar-refractivity contribution in [3.05, 3.63) is 34.7 Å². The highest BCUT2D eigenvalue weighted by Gasteiger charge is 2.23. The molecule has 7 heteroatoms. The Bertz CT molecular complexity index is 569. The van der Waals surface area contributed by atoms with E-state index in [2.05, 4.69) is 27.5 Å². The number of aromatic nitrogens is 4. The fourth-order valence-electron chi connectivity index (χ4n) is 2.13. The quantitative estimate of drug-likeness (QED) is 0.851. The number of hydrogen-bond acceptors (Lipinski definition) is 5. The Labute approximate surface area is 129 Å². The van der Waals surface area contributed by atoms with Crippen LogP contribution in [0.5, 0.6) is 5.88 Å². The van der Waals surface area contributed by atoms with Crippen molar-refractivity contribution in [3.63, 3.8) is 0 Å².